The number of hydrogen-bond donors (Lipinski definition) is 1. The molecule has 1 aliphatic rings. The van der Waals surface area contributed by atoms with Crippen molar-refractivity contribution in [2.45, 2.75) is 20.8 Å². The van der Waals surface area contributed by atoms with Crippen LogP contribution in [0.4, 0.5) is 21.9 Å². The van der Waals surface area contributed by atoms with E-state index in [-0.39, 0.29) is 6.03 Å². The third-order valence-electron chi connectivity index (χ3n) is 5.18. The normalized spacial score (nSPS) is 14.2. The fourth-order valence-electron chi connectivity index (χ4n) is 3.56. The van der Waals surface area contributed by atoms with Crippen LogP contribution in [0.15, 0.2) is 48.5 Å². The summed E-state index contributed by atoms with van der Waals surface area (Å²) in [6.45, 7) is 11.6. The molecule has 0 bridgehead atoms. The highest BCUT2D eigenvalue weighted by atomic mass is 16.2. The maximum atomic E-state index is 12.5. The molecule has 0 aliphatic carbocycles. The predicted molar refractivity (Wildman–Crippen MR) is 114 cm³/mol. The van der Waals surface area contributed by atoms with Gasteiger partial charge < -0.3 is 20.0 Å². The first-order chi connectivity index (χ1) is 13.1. The van der Waals surface area contributed by atoms with Crippen LogP contribution >= 0.6 is 0 Å². The third-order valence-corrected chi connectivity index (χ3v) is 5.18. The number of aryl methyl sites for hydroxylation is 1. The zero-order valence-electron chi connectivity index (χ0n) is 16.6. The highest BCUT2D eigenvalue weighted by molar-refractivity contribution is 5.89. The second-order valence-corrected chi connectivity index (χ2v) is 6.96. The Balaban J connectivity index is 1.54. The number of amides is 2. The van der Waals surface area contributed by atoms with Crippen LogP contribution in [-0.2, 0) is 0 Å². The Kier molecular flexibility index (Phi) is 6.22. The molecule has 0 saturated carbocycles. The van der Waals surface area contributed by atoms with Gasteiger partial charge in [0.2, 0.25) is 0 Å². The van der Waals surface area contributed by atoms with Crippen LogP contribution in [-0.4, -0.2) is 50.2 Å². The molecule has 0 atom stereocenters. The van der Waals surface area contributed by atoms with Crippen LogP contribution < -0.4 is 15.1 Å². The van der Waals surface area contributed by atoms with E-state index in [1.807, 2.05) is 36.1 Å². The Bertz CT molecular complexity index is 747. The van der Waals surface area contributed by atoms with Crippen molar-refractivity contribution in [1.82, 2.24) is 4.90 Å². The largest absolute Gasteiger partial charge is 0.372 e. The number of rotatable bonds is 5. The van der Waals surface area contributed by atoms with Crippen molar-refractivity contribution in [3.8, 4) is 0 Å². The monoisotopic (exact) mass is 366 g/mol. The molecule has 27 heavy (non-hydrogen) atoms. The summed E-state index contributed by atoms with van der Waals surface area (Å²) in [5, 5.41) is 3.00. The fraction of sp³-hybridized carbons (Fsp3) is 0.409. The minimum Gasteiger partial charge on any atom is -0.372 e. The highest BCUT2D eigenvalue weighted by Crippen LogP contribution is 2.22. The van der Waals surface area contributed by atoms with Crippen LogP contribution in [0.1, 0.15) is 19.4 Å². The van der Waals surface area contributed by atoms with Gasteiger partial charge in [0.25, 0.3) is 0 Å². The summed E-state index contributed by atoms with van der Waals surface area (Å²) in [7, 11) is 0. The van der Waals surface area contributed by atoms with Crippen molar-refractivity contribution in [2.75, 3.05) is 54.4 Å². The van der Waals surface area contributed by atoms with Crippen LogP contribution in [0, 0.1) is 6.92 Å². The van der Waals surface area contributed by atoms with Crippen molar-refractivity contribution < 1.29 is 4.79 Å². The Labute approximate surface area is 162 Å². The summed E-state index contributed by atoms with van der Waals surface area (Å²) in [6, 6.07) is 16.7. The lowest BCUT2D eigenvalue weighted by molar-refractivity contribution is 0.208. The first-order valence-electron chi connectivity index (χ1n) is 9.83. The number of benzene rings is 2. The molecular formula is C22H30N4O. The van der Waals surface area contributed by atoms with Gasteiger partial charge in [-0.05, 0) is 62.7 Å². The zero-order chi connectivity index (χ0) is 19.2. The number of piperazine rings is 1. The summed E-state index contributed by atoms with van der Waals surface area (Å²) in [4.78, 5) is 19.1. The number of nitrogens with zero attached hydrogens (tertiary/aromatic N) is 3. The fourth-order valence-corrected chi connectivity index (χ4v) is 3.56. The summed E-state index contributed by atoms with van der Waals surface area (Å²) in [5.74, 6) is 0. The Hall–Kier alpha value is -2.69. The van der Waals surface area contributed by atoms with Crippen molar-refractivity contribution in [2.24, 2.45) is 0 Å². The number of hydrogen-bond acceptors (Lipinski definition) is 3. The molecule has 1 heterocycles. The number of urea groups is 1. The van der Waals surface area contributed by atoms with Gasteiger partial charge >= 0.3 is 6.03 Å². The lowest BCUT2D eigenvalue weighted by atomic mass is 10.2. The van der Waals surface area contributed by atoms with Crippen molar-refractivity contribution >= 4 is 23.1 Å². The van der Waals surface area contributed by atoms with Gasteiger partial charge in [-0.15, -0.1) is 0 Å². The summed E-state index contributed by atoms with van der Waals surface area (Å²) in [5.41, 5.74) is 4.49. The van der Waals surface area contributed by atoms with E-state index >= 15 is 0 Å². The lowest BCUT2D eigenvalue weighted by Gasteiger charge is -2.36. The van der Waals surface area contributed by atoms with Gasteiger partial charge in [0.05, 0.1) is 0 Å². The van der Waals surface area contributed by atoms with Gasteiger partial charge in [-0.3, -0.25) is 0 Å². The molecule has 0 spiro atoms. The van der Waals surface area contributed by atoms with Crippen molar-refractivity contribution in [1.29, 1.82) is 0 Å². The standard InChI is InChI=1S/C22H30N4O/c1-4-24(5-2)20-9-11-21(12-10-20)25-13-15-26(16-14-25)22(27)23-19-8-6-7-18(3)17-19/h6-12,17H,4-5,13-16H2,1-3H3,(H,23,27). The average Bonchev–Trinajstić information content (AvgIpc) is 2.70. The number of nitrogens with one attached hydrogen (secondary N) is 1. The summed E-state index contributed by atoms with van der Waals surface area (Å²) >= 11 is 0. The van der Waals surface area contributed by atoms with Crippen molar-refractivity contribution in [3.05, 3.63) is 54.1 Å². The van der Waals surface area contributed by atoms with Gasteiger partial charge in [0, 0.05) is 56.3 Å². The first-order valence-corrected chi connectivity index (χ1v) is 9.83. The highest BCUT2D eigenvalue weighted by Gasteiger charge is 2.21. The number of anilines is 3. The second kappa shape index (κ2) is 8.80. The molecule has 144 valence electrons. The topological polar surface area (TPSA) is 38.8 Å². The van der Waals surface area contributed by atoms with Gasteiger partial charge in [-0.2, -0.15) is 0 Å². The Morgan fingerprint density at radius 1 is 1.00 bits per heavy atom. The third kappa shape index (κ3) is 4.73. The van der Waals surface area contributed by atoms with E-state index in [4.69, 9.17) is 0 Å². The van der Waals surface area contributed by atoms with Crippen LogP contribution in [0.3, 0.4) is 0 Å². The lowest BCUT2D eigenvalue weighted by Crippen LogP contribution is -2.50. The molecule has 0 radical (unpaired) electrons. The average molecular weight is 367 g/mol. The molecule has 2 aromatic rings. The Morgan fingerprint density at radius 2 is 1.67 bits per heavy atom. The maximum absolute atomic E-state index is 12.5. The van der Waals surface area contributed by atoms with Crippen LogP contribution in [0.5, 0.6) is 0 Å². The molecule has 1 N–H and O–H groups in total. The van der Waals surface area contributed by atoms with Gasteiger partial charge in [0.15, 0.2) is 0 Å². The molecule has 3 rings (SSSR count). The number of carbonyl (C=O) groups is 1. The Morgan fingerprint density at radius 3 is 2.26 bits per heavy atom. The van der Waals surface area contributed by atoms with E-state index in [2.05, 4.69) is 53.2 Å². The van der Waals surface area contributed by atoms with E-state index in [1.165, 1.54) is 11.4 Å². The molecule has 1 saturated heterocycles. The molecular weight excluding hydrogens is 336 g/mol. The smallest absolute Gasteiger partial charge is 0.321 e. The first kappa shape index (κ1) is 19.1. The van der Waals surface area contributed by atoms with Crippen molar-refractivity contribution in [3.63, 3.8) is 0 Å². The summed E-state index contributed by atoms with van der Waals surface area (Å²) < 4.78 is 0. The predicted octanol–water partition coefficient (Wildman–Crippen LogP) is 4.20. The van der Waals surface area contributed by atoms with Gasteiger partial charge in [0.1, 0.15) is 0 Å². The molecule has 1 aliphatic heterocycles. The van der Waals surface area contributed by atoms with E-state index < -0.39 is 0 Å². The second-order valence-electron chi connectivity index (χ2n) is 6.96. The maximum Gasteiger partial charge on any atom is 0.321 e. The zero-order valence-corrected chi connectivity index (χ0v) is 16.6. The molecule has 1 fully saturated rings. The minimum absolute atomic E-state index is 0.0165. The van der Waals surface area contributed by atoms with Gasteiger partial charge in [-0.1, -0.05) is 12.1 Å². The summed E-state index contributed by atoms with van der Waals surface area (Å²) in [6.07, 6.45) is 0. The van der Waals surface area contributed by atoms with Crippen LogP contribution in [0.25, 0.3) is 0 Å². The molecule has 2 aromatic carbocycles. The molecule has 2 amide bonds. The molecule has 5 heteroatoms. The molecule has 0 unspecified atom stereocenters. The number of carbonyl (C=O) groups excluding carboxylic acids is 1. The van der Waals surface area contributed by atoms with E-state index in [9.17, 15) is 4.79 Å². The van der Waals surface area contributed by atoms with Crippen LogP contribution in [0.2, 0.25) is 0 Å². The molecule has 0 aromatic heterocycles. The minimum atomic E-state index is -0.0165. The SMILES string of the molecule is CCN(CC)c1ccc(N2CCN(C(=O)Nc3cccc(C)c3)CC2)cc1. The van der Waals surface area contributed by atoms with E-state index in [0.717, 1.165) is 50.5 Å². The van der Waals surface area contributed by atoms with Gasteiger partial charge in [-0.25, -0.2) is 4.79 Å². The van der Waals surface area contributed by atoms with E-state index in [0.29, 0.717) is 0 Å². The van der Waals surface area contributed by atoms with E-state index in [1.54, 1.807) is 0 Å². The molecule has 5 nitrogen and oxygen atoms in total. The quantitative estimate of drug-likeness (QED) is 0.862.